The van der Waals surface area contributed by atoms with E-state index >= 15 is 0 Å². The molecule has 136 valence electrons. The van der Waals surface area contributed by atoms with Gasteiger partial charge in [0.1, 0.15) is 0 Å². The first-order chi connectivity index (χ1) is 10.8. The summed E-state index contributed by atoms with van der Waals surface area (Å²) in [7, 11) is 0. The summed E-state index contributed by atoms with van der Waals surface area (Å²) in [5, 5.41) is 36.4. The zero-order chi connectivity index (χ0) is 18.3. The third kappa shape index (κ3) is 13.2. The molecule has 0 aliphatic heterocycles. The van der Waals surface area contributed by atoms with Crippen LogP contribution < -0.4 is 0 Å². The highest BCUT2D eigenvalue weighted by atomic mass is 16.3. The van der Waals surface area contributed by atoms with Gasteiger partial charge in [0.2, 0.25) is 0 Å². The van der Waals surface area contributed by atoms with Crippen molar-refractivity contribution < 1.29 is 20.4 Å². The Balaban J connectivity index is 0. The Morgan fingerprint density at radius 3 is 1.91 bits per heavy atom. The second-order valence-corrected chi connectivity index (χ2v) is 6.11. The Hall–Kier alpha value is -0.940. The van der Waals surface area contributed by atoms with Crippen molar-refractivity contribution in [1.29, 1.82) is 0 Å². The standard InChI is InChI=1S/C10H18O2.C9H18O2/c1-3-6-10(12,7-4-2)8-5-9-11;1-7(2)8(3)9(11)5-4-6-10/h3-4,11-12H,1-2,5-9H2;8-11H,1,4-6H2,2-3H3. The van der Waals surface area contributed by atoms with Crippen molar-refractivity contribution in [3.63, 3.8) is 0 Å². The molecular weight excluding hydrogens is 292 g/mol. The summed E-state index contributed by atoms with van der Waals surface area (Å²) in [5.41, 5.74) is 0.252. The van der Waals surface area contributed by atoms with E-state index in [1.807, 2.05) is 13.8 Å². The maximum Gasteiger partial charge on any atom is 0.0716 e. The van der Waals surface area contributed by atoms with Crippen LogP contribution in [0.5, 0.6) is 0 Å². The van der Waals surface area contributed by atoms with Gasteiger partial charge in [-0.15, -0.1) is 13.2 Å². The third-order valence-corrected chi connectivity index (χ3v) is 3.86. The average Bonchev–Trinajstić information content (AvgIpc) is 2.51. The lowest BCUT2D eigenvalue weighted by Gasteiger charge is -2.25. The second kappa shape index (κ2) is 14.6. The zero-order valence-electron chi connectivity index (χ0n) is 14.9. The zero-order valence-corrected chi connectivity index (χ0v) is 14.9. The van der Waals surface area contributed by atoms with E-state index in [0.717, 1.165) is 5.57 Å². The highest BCUT2D eigenvalue weighted by molar-refractivity contribution is 4.96. The molecule has 0 aromatic heterocycles. The van der Waals surface area contributed by atoms with Gasteiger partial charge in [0.25, 0.3) is 0 Å². The van der Waals surface area contributed by atoms with Gasteiger partial charge in [0, 0.05) is 19.1 Å². The minimum atomic E-state index is -0.744. The molecule has 0 aromatic rings. The Labute approximate surface area is 141 Å². The van der Waals surface area contributed by atoms with Gasteiger partial charge < -0.3 is 20.4 Å². The number of aliphatic hydroxyl groups is 4. The summed E-state index contributed by atoms with van der Waals surface area (Å²) in [6, 6.07) is 0. The number of hydrogen-bond donors (Lipinski definition) is 4. The normalized spacial score (nSPS) is 13.5. The molecule has 0 amide bonds. The molecule has 0 saturated carbocycles. The van der Waals surface area contributed by atoms with E-state index < -0.39 is 5.60 Å². The topological polar surface area (TPSA) is 80.9 Å². The molecular formula is C19H36O4. The fourth-order valence-electron chi connectivity index (χ4n) is 2.11. The summed E-state index contributed by atoms with van der Waals surface area (Å²) < 4.78 is 0. The molecule has 0 aromatic carbocycles. The molecule has 2 unspecified atom stereocenters. The van der Waals surface area contributed by atoms with Gasteiger partial charge in [-0.3, -0.25) is 0 Å². The summed E-state index contributed by atoms with van der Waals surface area (Å²) in [6.07, 6.45) is 6.70. The fraction of sp³-hybridized carbons (Fsp3) is 0.684. The molecule has 0 spiro atoms. The highest BCUT2D eigenvalue weighted by Gasteiger charge is 2.22. The third-order valence-electron chi connectivity index (χ3n) is 3.86. The van der Waals surface area contributed by atoms with Gasteiger partial charge in [-0.25, -0.2) is 0 Å². The minimum absolute atomic E-state index is 0.122. The van der Waals surface area contributed by atoms with Crippen LogP contribution in [0, 0.1) is 5.92 Å². The van der Waals surface area contributed by atoms with Crippen LogP contribution in [0.1, 0.15) is 52.4 Å². The Morgan fingerprint density at radius 1 is 1.09 bits per heavy atom. The van der Waals surface area contributed by atoms with Crippen LogP contribution in [-0.2, 0) is 0 Å². The SMILES string of the molecule is C=C(C)C(C)C(O)CCCO.C=CCC(O)(CC=C)CCCO. The second-order valence-electron chi connectivity index (χ2n) is 6.11. The van der Waals surface area contributed by atoms with Crippen molar-refractivity contribution in [1.82, 2.24) is 0 Å². The van der Waals surface area contributed by atoms with Crippen molar-refractivity contribution >= 4 is 0 Å². The van der Waals surface area contributed by atoms with Gasteiger partial charge in [-0.2, -0.15) is 0 Å². The van der Waals surface area contributed by atoms with Crippen LogP contribution in [0.15, 0.2) is 37.5 Å². The Bertz CT molecular complexity index is 315. The van der Waals surface area contributed by atoms with Crippen LogP contribution in [-0.4, -0.2) is 45.3 Å². The lowest BCUT2D eigenvalue weighted by atomic mass is 9.90. The molecule has 4 nitrogen and oxygen atoms in total. The summed E-state index contributed by atoms with van der Waals surface area (Å²) in [4.78, 5) is 0. The predicted molar refractivity (Wildman–Crippen MR) is 97.2 cm³/mol. The van der Waals surface area contributed by atoms with E-state index in [2.05, 4.69) is 19.7 Å². The van der Waals surface area contributed by atoms with Gasteiger partial charge in [-0.1, -0.05) is 31.2 Å². The smallest absolute Gasteiger partial charge is 0.0716 e. The van der Waals surface area contributed by atoms with E-state index in [1.54, 1.807) is 12.2 Å². The van der Waals surface area contributed by atoms with E-state index in [4.69, 9.17) is 10.2 Å². The van der Waals surface area contributed by atoms with Crippen molar-refractivity contribution in [2.75, 3.05) is 13.2 Å². The van der Waals surface area contributed by atoms with Crippen molar-refractivity contribution in [2.45, 2.75) is 64.1 Å². The molecule has 0 aliphatic carbocycles. The number of hydrogen-bond acceptors (Lipinski definition) is 4. The molecule has 4 N–H and O–H groups in total. The lowest BCUT2D eigenvalue weighted by Crippen LogP contribution is -2.27. The highest BCUT2D eigenvalue weighted by Crippen LogP contribution is 2.22. The van der Waals surface area contributed by atoms with Crippen LogP contribution in [0.25, 0.3) is 0 Å². The molecule has 4 heteroatoms. The van der Waals surface area contributed by atoms with Gasteiger partial charge >= 0.3 is 0 Å². The molecule has 23 heavy (non-hydrogen) atoms. The number of aliphatic hydroxyl groups excluding tert-OH is 3. The van der Waals surface area contributed by atoms with Crippen LogP contribution in [0.4, 0.5) is 0 Å². The first-order valence-electron chi connectivity index (χ1n) is 8.27. The minimum Gasteiger partial charge on any atom is -0.396 e. The van der Waals surface area contributed by atoms with Gasteiger partial charge in [-0.05, 0) is 45.4 Å². The van der Waals surface area contributed by atoms with Crippen molar-refractivity contribution in [3.8, 4) is 0 Å². The molecule has 2 atom stereocenters. The van der Waals surface area contributed by atoms with Gasteiger partial charge in [0.05, 0.1) is 11.7 Å². The largest absolute Gasteiger partial charge is 0.396 e. The molecule has 0 bridgehead atoms. The summed E-state index contributed by atoms with van der Waals surface area (Å²) in [6.45, 7) is 15.1. The van der Waals surface area contributed by atoms with Crippen LogP contribution >= 0.6 is 0 Å². The molecule has 0 heterocycles. The molecule has 0 radical (unpaired) electrons. The predicted octanol–water partition coefficient (Wildman–Crippen LogP) is 2.97. The lowest BCUT2D eigenvalue weighted by molar-refractivity contribution is 0.0308. The summed E-state index contributed by atoms with van der Waals surface area (Å²) >= 11 is 0. The fourth-order valence-corrected chi connectivity index (χ4v) is 2.11. The van der Waals surface area contributed by atoms with E-state index in [-0.39, 0.29) is 25.2 Å². The van der Waals surface area contributed by atoms with E-state index in [9.17, 15) is 10.2 Å². The van der Waals surface area contributed by atoms with E-state index in [1.165, 1.54) is 0 Å². The molecule has 0 aliphatic rings. The Morgan fingerprint density at radius 2 is 1.57 bits per heavy atom. The first kappa shape index (κ1) is 24.3. The van der Waals surface area contributed by atoms with Gasteiger partial charge in [0.15, 0.2) is 0 Å². The van der Waals surface area contributed by atoms with Crippen LogP contribution in [0.3, 0.4) is 0 Å². The molecule has 0 rings (SSSR count). The summed E-state index contributed by atoms with van der Waals surface area (Å²) in [5.74, 6) is 0.140. The van der Waals surface area contributed by atoms with Crippen molar-refractivity contribution in [3.05, 3.63) is 37.5 Å². The Kier molecular flexibility index (Phi) is 15.5. The van der Waals surface area contributed by atoms with E-state index in [0.29, 0.717) is 38.5 Å². The molecule has 0 saturated heterocycles. The van der Waals surface area contributed by atoms with Crippen molar-refractivity contribution in [2.24, 2.45) is 5.92 Å². The first-order valence-corrected chi connectivity index (χ1v) is 8.27. The average molecular weight is 328 g/mol. The van der Waals surface area contributed by atoms with Crippen LogP contribution in [0.2, 0.25) is 0 Å². The molecule has 0 fully saturated rings. The quantitative estimate of drug-likeness (QED) is 0.415. The maximum atomic E-state index is 9.89. The monoisotopic (exact) mass is 328 g/mol. The number of rotatable bonds is 12. The maximum absolute atomic E-state index is 9.89.